The van der Waals surface area contributed by atoms with Gasteiger partial charge in [0.05, 0.1) is 22.4 Å². The van der Waals surface area contributed by atoms with Crippen LogP contribution in [0.3, 0.4) is 0 Å². The molecule has 25 heavy (non-hydrogen) atoms. The second-order valence-corrected chi connectivity index (χ2v) is 7.70. The van der Waals surface area contributed by atoms with Crippen molar-refractivity contribution in [2.45, 2.75) is 11.3 Å². The Balaban J connectivity index is 1.70. The Morgan fingerprint density at radius 2 is 1.64 bits per heavy atom. The molecule has 0 spiro atoms. The lowest BCUT2D eigenvalue weighted by atomic mass is 10.1. The van der Waals surface area contributed by atoms with Gasteiger partial charge in [0.1, 0.15) is 0 Å². The van der Waals surface area contributed by atoms with E-state index in [9.17, 15) is 22.8 Å². The molecule has 8 heteroatoms. The zero-order chi connectivity index (χ0) is 18.2. The van der Waals surface area contributed by atoms with Crippen molar-refractivity contribution in [1.29, 1.82) is 0 Å². The molecule has 0 aliphatic carbocycles. The molecule has 3 amide bonds. The van der Waals surface area contributed by atoms with Crippen molar-refractivity contribution >= 4 is 33.2 Å². The van der Waals surface area contributed by atoms with Crippen LogP contribution in [-0.4, -0.2) is 32.4 Å². The predicted octanol–water partition coefficient (Wildman–Crippen LogP) is 1.15. The van der Waals surface area contributed by atoms with Gasteiger partial charge in [0, 0.05) is 11.9 Å². The topological polar surface area (TPSA) is 109 Å². The minimum Gasteiger partial charge on any atom is -0.326 e. The summed E-state index contributed by atoms with van der Waals surface area (Å²) in [4.78, 5) is 35.4. The highest BCUT2D eigenvalue weighted by molar-refractivity contribution is 7.90. The first kappa shape index (κ1) is 16.8. The van der Waals surface area contributed by atoms with E-state index in [4.69, 9.17) is 0 Å². The Kier molecular flexibility index (Phi) is 4.13. The van der Waals surface area contributed by atoms with Gasteiger partial charge < -0.3 is 5.32 Å². The lowest BCUT2D eigenvalue weighted by molar-refractivity contribution is -0.115. The highest BCUT2D eigenvalue weighted by Gasteiger charge is 2.26. The molecular weight excluding hydrogens is 344 g/mol. The molecule has 2 aromatic carbocycles. The van der Waals surface area contributed by atoms with Gasteiger partial charge in [0.25, 0.3) is 11.8 Å². The molecular formula is C17H14N2O5S. The number of benzene rings is 2. The zero-order valence-corrected chi connectivity index (χ0v) is 14.0. The first-order valence-corrected chi connectivity index (χ1v) is 9.22. The van der Waals surface area contributed by atoms with E-state index in [0.717, 1.165) is 6.26 Å². The number of fused-ring (bicyclic) bond motifs is 1. The van der Waals surface area contributed by atoms with Crippen molar-refractivity contribution in [3.8, 4) is 0 Å². The van der Waals surface area contributed by atoms with Crippen LogP contribution in [0.2, 0.25) is 0 Å². The standard InChI is InChI=1S/C17H14N2O5S/c1-25(23,24)12-5-2-10(3-6-12)8-15(20)18-11-4-7-13-14(9-11)17(22)19-16(13)21/h2-7,9H,8H2,1H3,(H,18,20)(H,19,21,22). The van der Waals surface area contributed by atoms with E-state index in [2.05, 4.69) is 10.6 Å². The van der Waals surface area contributed by atoms with E-state index in [0.29, 0.717) is 11.3 Å². The Bertz CT molecular complexity index is 994. The lowest BCUT2D eigenvalue weighted by Crippen LogP contribution is -2.19. The molecule has 0 fully saturated rings. The number of imide groups is 1. The fourth-order valence-corrected chi connectivity index (χ4v) is 3.12. The lowest BCUT2D eigenvalue weighted by Gasteiger charge is -2.07. The largest absolute Gasteiger partial charge is 0.326 e. The fourth-order valence-electron chi connectivity index (χ4n) is 2.49. The highest BCUT2D eigenvalue weighted by Crippen LogP contribution is 2.20. The number of carbonyl (C=O) groups excluding carboxylic acids is 3. The fraction of sp³-hybridized carbons (Fsp3) is 0.118. The minimum absolute atomic E-state index is 0.0479. The van der Waals surface area contributed by atoms with E-state index in [1.54, 1.807) is 18.2 Å². The normalized spacial score (nSPS) is 13.3. The molecule has 0 aromatic heterocycles. The van der Waals surface area contributed by atoms with E-state index >= 15 is 0 Å². The maximum atomic E-state index is 12.1. The van der Waals surface area contributed by atoms with Crippen molar-refractivity contribution in [2.75, 3.05) is 11.6 Å². The number of rotatable bonds is 4. The van der Waals surface area contributed by atoms with Gasteiger partial charge in [-0.2, -0.15) is 0 Å². The van der Waals surface area contributed by atoms with E-state index in [1.807, 2.05) is 0 Å². The van der Waals surface area contributed by atoms with Gasteiger partial charge in [-0.1, -0.05) is 12.1 Å². The van der Waals surface area contributed by atoms with E-state index in [-0.39, 0.29) is 28.4 Å². The molecule has 0 bridgehead atoms. The molecule has 7 nitrogen and oxygen atoms in total. The number of sulfone groups is 1. The molecule has 1 heterocycles. The molecule has 0 unspecified atom stereocenters. The maximum absolute atomic E-state index is 12.1. The summed E-state index contributed by atoms with van der Waals surface area (Å²) in [7, 11) is -3.28. The Morgan fingerprint density at radius 1 is 1.00 bits per heavy atom. The van der Waals surface area contributed by atoms with Gasteiger partial charge in [0.2, 0.25) is 5.91 Å². The average Bonchev–Trinajstić information content (AvgIpc) is 2.81. The van der Waals surface area contributed by atoms with E-state index in [1.165, 1.54) is 24.3 Å². The highest BCUT2D eigenvalue weighted by atomic mass is 32.2. The third-order valence-electron chi connectivity index (χ3n) is 3.74. The van der Waals surface area contributed by atoms with Gasteiger partial charge in [-0.25, -0.2) is 8.42 Å². The summed E-state index contributed by atoms with van der Waals surface area (Å²) in [5.74, 6) is -1.27. The summed E-state index contributed by atoms with van der Waals surface area (Å²) in [6.07, 6.45) is 1.16. The Hall–Kier alpha value is -3.00. The van der Waals surface area contributed by atoms with Gasteiger partial charge >= 0.3 is 0 Å². The summed E-state index contributed by atoms with van der Waals surface area (Å²) in [6.45, 7) is 0. The SMILES string of the molecule is CS(=O)(=O)c1ccc(CC(=O)Nc2ccc3c(c2)C(=O)NC3=O)cc1. The van der Waals surface area contributed by atoms with Crippen molar-refractivity contribution in [3.63, 3.8) is 0 Å². The Morgan fingerprint density at radius 3 is 2.28 bits per heavy atom. The van der Waals surface area contributed by atoms with Gasteiger partial charge in [-0.05, 0) is 35.9 Å². The molecule has 1 aliphatic heterocycles. The first-order chi connectivity index (χ1) is 11.7. The molecule has 2 aromatic rings. The van der Waals surface area contributed by atoms with Gasteiger partial charge in [-0.15, -0.1) is 0 Å². The number of carbonyl (C=O) groups is 3. The summed E-state index contributed by atoms with van der Waals surface area (Å²) in [5.41, 5.74) is 1.56. The molecule has 0 atom stereocenters. The number of hydrogen-bond acceptors (Lipinski definition) is 5. The zero-order valence-electron chi connectivity index (χ0n) is 13.2. The van der Waals surface area contributed by atoms with Crippen molar-refractivity contribution in [2.24, 2.45) is 0 Å². The number of hydrogen-bond donors (Lipinski definition) is 2. The number of nitrogens with one attached hydrogen (secondary N) is 2. The number of amides is 3. The van der Waals surface area contributed by atoms with E-state index < -0.39 is 21.7 Å². The van der Waals surface area contributed by atoms with Crippen LogP contribution in [0, 0.1) is 0 Å². The van der Waals surface area contributed by atoms with Crippen LogP contribution in [0.4, 0.5) is 5.69 Å². The van der Waals surface area contributed by atoms with Gasteiger partial charge in [-0.3, -0.25) is 19.7 Å². The van der Waals surface area contributed by atoms with Crippen LogP contribution in [0.15, 0.2) is 47.4 Å². The summed E-state index contributed by atoms with van der Waals surface area (Å²) < 4.78 is 22.8. The molecule has 0 saturated heterocycles. The Labute approximate surface area is 144 Å². The van der Waals surface area contributed by atoms with Crippen LogP contribution in [0.25, 0.3) is 0 Å². The molecule has 0 radical (unpaired) electrons. The molecule has 0 saturated carbocycles. The van der Waals surface area contributed by atoms with Crippen LogP contribution in [0.1, 0.15) is 26.3 Å². The number of anilines is 1. The second-order valence-electron chi connectivity index (χ2n) is 5.68. The quantitative estimate of drug-likeness (QED) is 0.797. The van der Waals surface area contributed by atoms with Crippen molar-refractivity contribution < 1.29 is 22.8 Å². The van der Waals surface area contributed by atoms with Crippen LogP contribution >= 0.6 is 0 Å². The van der Waals surface area contributed by atoms with Crippen LogP contribution in [0.5, 0.6) is 0 Å². The van der Waals surface area contributed by atoms with Crippen LogP contribution < -0.4 is 10.6 Å². The summed E-state index contributed by atoms with van der Waals surface area (Å²) in [5, 5.41) is 4.83. The summed E-state index contributed by atoms with van der Waals surface area (Å²) in [6, 6.07) is 10.5. The minimum atomic E-state index is -3.28. The monoisotopic (exact) mass is 358 g/mol. The third-order valence-corrected chi connectivity index (χ3v) is 4.86. The van der Waals surface area contributed by atoms with Crippen LogP contribution in [-0.2, 0) is 21.1 Å². The third kappa shape index (κ3) is 3.58. The maximum Gasteiger partial charge on any atom is 0.259 e. The second kappa shape index (κ2) is 6.14. The summed E-state index contributed by atoms with van der Waals surface area (Å²) >= 11 is 0. The molecule has 128 valence electrons. The molecule has 2 N–H and O–H groups in total. The van der Waals surface area contributed by atoms with Gasteiger partial charge in [0.15, 0.2) is 9.84 Å². The predicted molar refractivity (Wildman–Crippen MR) is 90.1 cm³/mol. The van der Waals surface area contributed by atoms with Crippen molar-refractivity contribution in [3.05, 3.63) is 59.2 Å². The smallest absolute Gasteiger partial charge is 0.259 e. The average molecular weight is 358 g/mol. The molecule has 1 aliphatic rings. The first-order valence-electron chi connectivity index (χ1n) is 7.32. The molecule has 3 rings (SSSR count). The van der Waals surface area contributed by atoms with Crippen molar-refractivity contribution in [1.82, 2.24) is 5.32 Å².